The molecule has 1 aromatic rings. The standard InChI is InChI=1S/C15H22N2O3/c1-17(2)14(18)7-4-10-20-15(19)9-8-12-5-3-6-13(16)11-12/h3,5-6,11H,4,7-10,16H2,1-2H3. The largest absolute Gasteiger partial charge is 0.466 e. The zero-order valence-electron chi connectivity index (χ0n) is 12.1. The van der Waals surface area contributed by atoms with E-state index in [1.54, 1.807) is 14.1 Å². The van der Waals surface area contributed by atoms with Gasteiger partial charge in [0.05, 0.1) is 6.61 Å². The number of rotatable bonds is 7. The van der Waals surface area contributed by atoms with E-state index in [0.29, 0.717) is 31.4 Å². The summed E-state index contributed by atoms with van der Waals surface area (Å²) in [5, 5.41) is 0. The number of aryl methyl sites for hydroxylation is 1. The topological polar surface area (TPSA) is 72.6 Å². The van der Waals surface area contributed by atoms with E-state index in [1.165, 1.54) is 4.90 Å². The van der Waals surface area contributed by atoms with Crippen molar-refractivity contribution in [2.75, 3.05) is 26.4 Å². The number of nitrogen functional groups attached to an aromatic ring is 1. The summed E-state index contributed by atoms with van der Waals surface area (Å²) < 4.78 is 5.08. The molecule has 0 heterocycles. The van der Waals surface area contributed by atoms with Gasteiger partial charge < -0.3 is 15.4 Å². The Kier molecular flexibility index (Phi) is 6.56. The van der Waals surface area contributed by atoms with Gasteiger partial charge >= 0.3 is 5.97 Å². The lowest BCUT2D eigenvalue weighted by Crippen LogP contribution is -2.21. The van der Waals surface area contributed by atoms with Crippen LogP contribution in [0.3, 0.4) is 0 Å². The average Bonchev–Trinajstić information content (AvgIpc) is 2.41. The van der Waals surface area contributed by atoms with Gasteiger partial charge in [-0.3, -0.25) is 9.59 Å². The number of carbonyl (C=O) groups is 2. The average molecular weight is 278 g/mol. The molecule has 0 fully saturated rings. The van der Waals surface area contributed by atoms with Crippen molar-refractivity contribution in [3.8, 4) is 0 Å². The van der Waals surface area contributed by atoms with Gasteiger partial charge in [0.1, 0.15) is 0 Å². The second-order valence-corrected chi connectivity index (χ2v) is 4.86. The maximum Gasteiger partial charge on any atom is 0.306 e. The first kappa shape index (κ1) is 16.0. The van der Waals surface area contributed by atoms with Gasteiger partial charge in [-0.2, -0.15) is 0 Å². The van der Waals surface area contributed by atoms with Crippen LogP contribution in [-0.2, 0) is 20.7 Å². The number of benzene rings is 1. The third kappa shape index (κ3) is 6.22. The molecule has 2 N–H and O–H groups in total. The molecule has 5 heteroatoms. The number of amides is 1. The molecule has 0 radical (unpaired) electrons. The summed E-state index contributed by atoms with van der Waals surface area (Å²) in [6.07, 6.45) is 1.89. The van der Waals surface area contributed by atoms with Crippen molar-refractivity contribution in [3.05, 3.63) is 29.8 Å². The van der Waals surface area contributed by atoms with E-state index >= 15 is 0 Å². The number of nitrogens with two attached hydrogens (primary N) is 1. The monoisotopic (exact) mass is 278 g/mol. The number of esters is 1. The quantitative estimate of drug-likeness (QED) is 0.467. The SMILES string of the molecule is CN(C)C(=O)CCCOC(=O)CCc1cccc(N)c1. The summed E-state index contributed by atoms with van der Waals surface area (Å²) >= 11 is 0. The fourth-order valence-electron chi connectivity index (χ4n) is 1.70. The van der Waals surface area contributed by atoms with Gasteiger partial charge in [0.25, 0.3) is 0 Å². The minimum atomic E-state index is -0.246. The van der Waals surface area contributed by atoms with Crippen molar-refractivity contribution >= 4 is 17.6 Å². The van der Waals surface area contributed by atoms with Gasteiger partial charge in [0.2, 0.25) is 5.91 Å². The number of hydrogen-bond donors (Lipinski definition) is 1. The Morgan fingerprint density at radius 1 is 1.25 bits per heavy atom. The summed E-state index contributed by atoms with van der Waals surface area (Å²) in [5.74, 6) is -0.203. The van der Waals surface area contributed by atoms with Crippen molar-refractivity contribution in [1.82, 2.24) is 4.90 Å². The number of ether oxygens (including phenoxy) is 1. The van der Waals surface area contributed by atoms with Crippen LogP contribution in [0, 0.1) is 0 Å². The fourth-order valence-corrected chi connectivity index (χ4v) is 1.70. The second-order valence-electron chi connectivity index (χ2n) is 4.86. The molecular formula is C15H22N2O3. The maximum absolute atomic E-state index is 11.5. The second kappa shape index (κ2) is 8.19. The van der Waals surface area contributed by atoms with Gasteiger partial charge in [-0.25, -0.2) is 0 Å². The lowest BCUT2D eigenvalue weighted by atomic mass is 10.1. The minimum absolute atomic E-state index is 0.0424. The van der Waals surface area contributed by atoms with Crippen LogP contribution in [0.15, 0.2) is 24.3 Å². The van der Waals surface area contributed by atoms with E-state index in [0.717, 1.165) is 5.56 Å². The van der Waals surface area contributed by atoms with Crippen LogP contribution in [-0.4, -0.2) is 37.5 Å². The Hall–Kier alpha value is -2.04. The summed E-state index contributed by atoms with van der Waals surface area (Å²) in [7, 11) is 3.42. The summed E-state index contributed by atoms with van der Waals surface area (Å²) in [5.41, 5.74) is 7.37. The molecule has 0 aromatic heterocycles. The third-order valence-electron chi connectivity index (χ3n) is 2.87. The molecule has 0 aliphatic heterocycles. The number of anilines is 1. The van der Waals surface area contributed by atoms with E-state index in [4.69, 9.17) is 10.5 Å². The minimum Gasteiger partial charge on any atom is -0.466 e. The predicted octanol–water partition coefficient (Wildman–Crippen LogP) is 1.61. The van der Waals surface area contributed by atoms with Crippen molar-refractivity contribution in [3.63, 3.8) is 0 Å². The summed E-state index contributed by atoms with van der Waals surface area (Å²) in [4.78, 5) is 24.4. The molecule has 20 heavy (non-hydrogen) atoms. The van der Waals surface area contributed by atoms with Crippen LogP contribution < -0.4 is 5.73 Å². The maximum atomic E-state index is 11.5. The fraction of sp³-hybridized carbons (Fsp3) is 0.467. The third-order valence-corrected chi connectivity index (χ3v) is 2.87. The smallest absolute Gasteiger partial charge is 0.306 e. The molecule has 0 saturated carbocycles. The molecule has 0 saturated heterocycles. The summed E-state index contributed by atoms with van der Waals surface area (Å²) in [6.45, 7) is 0.287. The zero-order valence-corrected chi connectivity index (χ0v) is 12.1. The van der Waals surface area contributed by atoms with Crippen LogP contribution >= 0.6 is 0 Å². The Balaban J connectivity index is 2.16. The highest BCUT2D eigenvalue weighted by molar-refractivity contribution is 5.75. The Labute approximate surface area is 119 Å². The molecule has 1 amide bonds. The van der Waals surface area contributed by atoms with E-state index in [-0.39, 0.29) is 18.5 Å². The lowest BCUT2D eigenvalue weighted by Gasteiger charge is -2.10. The molecule has 0 atom stereocenters. The van der Waals surface area contributed by atoms with Crippen molar-refractivity contribution in [2.45, 2.75) is 25.7 Å². The van der Waals surface area contributed by atoms with Crippen molar-refractivity contribution in [2.24, 2.45) is 0 Å². The lowest BCUT2D eigenvalue weighted by molar-refractivity contribution is -0.144. The first-order chi connectivity index (χ1) is 9.49. The highest BCUT2D eigenvalue weighted by Gasteiger charge is 2.06. The summed E-state index contributed by atoms with van der Waals surface area (Å²) in [6, 6.07) is 7.45. The van der Waals surface area contributed by atoms with Crippen molar-refractivity contribution < 1.29 is 14.3 Å². The van der Waals surface area contributed by atoms with Gasteiger partial charge in [-0.15, -0.1) is 0 Å². The van der Waals surface area contributed by atoms with E-state index < -0.39 is 0 Å². The number of carbonyl (C=O) groups excluding carboxylic acids is 2. The van der Waals surface area contributed by atoms with Crippen molar-refractivity contribution in [1.29, 1.82) is 0 Å². The normalized spacial score (nSPS) is 10.1. The first-order valence-corrected chi connectivity index (χ1v) is 6.69. The van der Waals surface area contributed by atoms with Gasteiger partial charge in [-0.05, 0) is 30.5 Å². The van der Waals surface area contributed by atoms with E-state index in [1.807, 2.05) is 24.3 Å². The van der Waals surface area contributed by atoms with Gasteiger partial charge in [0, 0.05) is 32.6 Å². The van der Waals surface area contributed by atoms with Gasteiger partial charge in [-0.1, -0.05) is 12.1 Å². The molecule has 0 bridgehead atoms. The molecule has 0 aliphatic rings. The number of nitrogens with zero attached hydrogens (tertiary/aromatic N) is 1. The van der Waals surface area contributed by atoms with Crippen LogP contribution in [0.5, 0.6) is 0 Å². The molecule has 1 rings (SSSR count). The van der Waals surface area contributed by atoms with Gasteiger partial charge in [0.15, 0.2) is 0 Å². The van der Waals surface area contributed by atoms with Crippen LogP contribution in [0.2, 0.25) is 0 Å². The molecule has 1 aromatic carbocycles. The van der Waals surface area contributed by atoms with Crippen LogP contribution in [0.1, 0.15) is 24.8 Å². The molecular weight excluding hydrogens is 256 g/mol. The Morgan fingerprint density at radius 2 is 2.00 bits per heavy atom. The molecule has 0 unspecified atom stereocenters. The highest BCUT2D eigenvalue weighted by atomic mass is 16.5. The first-order valence-electron chi connectivity index (χ1n) is 6.69. The Morgan fingerprint density at radius 3 is 2.65 bits per heavy atom. The highest BCUT2D eigenvalue weighted by Crippen LogP contribution is 2.09. The molecule has 5 nitrogen and oxygen atoms in total. The molecule has 0 aliphatic carbocycles. The predicted molar refractivity (Wildman–Crippen MR) is 78.1 cm³/mol. The number of hydrogen-bond acceptors (Lipinski definition) is 4. The van der Waals surface area contributed by atoms with Crippen LogP contribution in [0.4, 0.5) is 5.69 Å². The molecule has 110 valence electrons. The molecule has 0 spiro atoms. The Bertz CT molecular complexity index is 458. The van der Waals surface area contributed by atoms with Crippen LogP contribution in [0.25, 0.3) is 0 Å². The van der Waals surface area contributed by atoms with E-state index in [2.05, 4.69) is 0 Å². The van der Waals surface area contributed by atoms with E-state index in [9.17, 15) is 9.59 Å². The zero-order chi connectivity index (χ0) is 15.0.